The highest BCUT2D eigenvalue weighted by atomic mass is 19.4. The van der Waals surface area contributed by atoms with E-state index in [9.17, 15) is 13.2 Å². The van der Waals surface area contributed by atoms with Gasteiger partial charge in [0.05, 0.1) is 0 Å². The van der Waals surface area contributed by atoms with E-state index in [1.54, 1.807) is 12.3 Å². The highest BCUT2D eigenvalue weighted by Gasteiger charge is 2.38. The number of halogens is 3. The predicted molar refractivity (Wildman–Crippen MR) is 70.5 cm³/mol. The van der Waals surface area contributed by atoms with E-state index in [0.717, 1.165) is 24.9 Å². The number of pyridine rings is 1. The molecule has 0 saturated heterocycles. The van der Waals surface area contributed by atoms with Crippen molar-refractivity contribution < 1.29 is 13.2 Å². The summed E-state index contributed by atoms with van der Waals surface area (Å²) < 4.78 is 37.8. The molecule has 0 unspecified atom stereocenters. The molecule has 3 nitrogen and oxygen atoms in total. The highest BCUT2D eigenvalue weighted by Crippen LogP contribution is 2.33. The van der Waals surface area contributed by atoms with Gasteiger partial charge in [-0.2, -0.15) is 13.2 Å². The van der Waals surface area contributed by atoms with Crippen LogP contribution in [0.1, 0.15) is 31.2 Å². The molecule has 110 valence electrons. The fourth-order valence-corrected chi connectivity index (χ4v) is 2.22. The molecule has 3 rings (SSSR count). The summed E-state index contributed by atoms with van der Waals surface area (Å²) in [5.41, 5.74) is 1.02. The Hall–Kier alpha value is -1.30. The van der Waals surface area contributed by atoms with Gasteiger partial charge in [-0.3, -0.25) is 0 Å². The van der Waals surface area contributed by atoms with Crippen LogP contribution in [0.25, 0.3) is 0 Å². The van der Waals surface area contributed by atoms with Crippen LogP contribution in [-0.2, 0) is 6.54 Å². The molecule has 2 saturated carbocycles. The minimum absolute atomic E-state index is 0.000404. The molecule has 2 aliphatic carbocycles. The Kier molecular flexibility index (Phi) is 3.58. The summed E-state index contributed by atoms with van der Waals surface area (Å²) in [5, 5.41) is 3.36. The monoisotopic (exact) mass is 285 g/mol. The number of hydrogen-bond donors (Lipinski definition) is 1. The van der Waals surface area contributed by atoms with Crippen LogP contribution >= 0.6 is 0 Å². The van der Waals surface area contributed by atoms with Gasteiger partial charge in [-0.15, -0.1) is 0 Å². The van der Waals surface area contributed by atoms with E-state index in [4.69, 9.17) is 0 Å². The molecule has 0 atom stereocenters. The van der Waals surface area contributed by atoms with Crippen LogP contribution in [-0.4, -0.2) is 29.8 Å². The third-order valence-corrected chi connectivity index (χ3v) is 3.61. The smallest absolute Gasteiger partial charge is 0.345 e. The van der Waals surface area contributed by atoms with E-state index in [-0.39, 0.29) is 6.04 Å². The fourth-order valence-electron chi connectivity index (χ4n) is 2.22. The third-order valence-electron chi connectivity index (χ3n) is 3.61. The first-order chi connectivity index (χ1) is 9.51. The van der Waals surface area contributed by atoms with E-state index in [1.807, 2.05) is 6.07 Å². The maximum absolute atomic E-state index is 12.6. The van der Waals surface area contributed by atoms with Gasteiger partial charge in [-0.05, 0) is 37.3 Å². The second kappa shape index (κ2) is 5.24. The summed E-state index contributed by atoms with van der Waals surface area (Å²) in [6, 6.07) is 4.18. The number of nitrogens with zero attached hydrogens (tertiary/aromatic N) is 2. The Labute approximate surface area is 116 Å². The van der Waals surface area contributed by atoms with Gasteiger partial charge < -0.3 is 10.2 Å². The number of hydrogen-bond acceptors (Lipinski definition) is 3. The van der Waals surface area contributed by atoms with Gasteiger partial charge in [0, 0.05) is 24.8 Å². The van der Waals surface area contributed by atoms with E-state index in [1.165, 1.54) is 17.7 Å². The van der Waals surface area contributed by atoms with Gasteiger partial charge in [0.25, 0.3) is 0 Å². The molecule has 0 aliphatic heterocycles. The molecule has 0 spiro atoms. The molecule has 1 aromatic heterocycles. The Bertz CT molecular complexity index is 450. The van der Waals surface area contributed by atoms with Crippen molar-refractivity contribution in [3.05, 3.63) is 23.9 Å². The zero-order valence-corrected chi connectivity index (χ0v) is 11.2. The SMILES string of the molecule is FC(F)(F)CN(c1ccc(CNC2CC2)cn1)C1CC1. The quantitative estimate of drug-likeness (QED) is 0.871. The van der Waals surface area contributed by atoms with Crippen LogP contribution < -0.4 is 10.2 Å². The standard InChI is InChI=1S/C14H18F3N3/c15-14(16,17)9-20(12-4-5-12)13-6-1-10(8-19-13)7-18-11-2-3-11/h1,6,8,11-12,18H,2-5,7,9H2. The van der Waals surface area contributed by atoms with Crippen molar-refractivity contribution in [2.45, 2.75) is 50.5 Å². The van der Waals surface area contributed by atoms with Crippen LogP contribution in [0.2, 0.25) is 0 Å². The minimum atomic E-state index is -4.18. The molecule has 20 heavy (non-hydrogen) atoms. The van der Waals surface area contributed by atoms with Crippen molar-refractivity contribution in [1.82, 2.24) is 10.3 Å². The lowest BCUT2D eigenvalue weighted by molar-refractivity contribution is -0.120. The van der Waals surface area contributed by atoms with Gasteiger partial charge in [0.2, 0.25) is 0 Å². The molecule has 1 aromatic rings. The maximum atomic E-state index is 12.6. The molecule has 2 fully saturated rings. The Morgan fingerprint density at radius 2 is 1.95 bits per heavy atom. The van der Waals surface area contributed by atoms with Gasteiger partial charge in [-0.25, -0.2) is 4.98 Å². The Balaban J connectivity index is 1.64. The van der Waals surface area contributed by atoms with Gasteiger partial charge >= 0.3 is 6.18 Å². The van der Waals surface area contributed by atoms with Gasteiger partial charge in [0.1, 0.15) is 12.4 Å². The number of rotatable bonds is 6. The maximum Gasteiger partial charge on any atom is 0.405 e. The summed E-state index contributed by atoms with van der Waals surface area (Å²) in [5.74, 6) is 0.431. The number of anilines is 1. The van der Waals surface area contributed by atoms with Crippen LogP contribution in [0.5, 0.6) is 0 Å². The van der Waals surface area contributed by atoms with Crippen molar-refractivity contribution in [2.75, 3.05) is 11.4 Å². The highest BCUT2D eigenvalue weighted by molar-refractivity contribution is 5.42. The minimum Gasteiger partial charge on any atom is -0.345 e. The molecule has 1 heterocycles. The molecule has 0 amide bonds. The molecule has 6 heteroatoms. The zero-order chi connectivity index (χ0) is 14.2. The molecule has 0 radical (unpaired) electrons. The van der Waals surface area contributed by atoms with Crippen LogP contribution in [0.3, 0.4) is 0 Å². The van der Waals surface area contributed by atoms with E-state index >= 15 is 0 Å². The normalized spacial score (nSPS) is 19.1. The molecular formula is C14H18F3N3. The molecule has 1 N–H and O–H groups in total. The van der Waals surface area contributed by atoms with Crippen LogP contribution in [0, 0.1) is 0 Å². The number of aromatic nitrogens is 1. The second-order valence-electron chi connectivity index (χ2n) is 5.65. The Morgan fingerprint density at radius 1 is 1.20 bits per heavy atom. The summed E-state index contributed by atoms with van der Waals surface area (Å²) in [6.45, 7) is -0.176. The number of alkyl halides is 3. The first-order valence-electron chi connectivity index (χ1n) is 7.03. The largest absolute Gasteiger partial charge is 0.405 e. The lowest BCUT2D eigenvalue weighted by Crippen LogP contribution is -2.36. The van der Waals surface area contributed by atoms with E-state index < -0.39 is 12.7 Å². The van der Waals surface area contributed by atoms with Gasteiger partial charge in [-0.1, -0.05) is 6.07 Å². The lowest BCUT2D eigenvalue weighted by Gasteiger charge is -2.24. The van der Waals surface area contributed by atoms with Crippen LogP contribution in [0.4, 0.5) is 19.0 Å². The molecular weight excluding hydrogens is 267 g/mol. The van der Waals surface area contributed by atoms with Crippen molar-refractivity contribution in [2.24, 2.45) is 0 Å². The summed E-state index contributed by atoms with van der Waals surface area (Å²) in [4.78, 5) is 5.58. The summed E-state index contributed by atoms with van der Waals surface area (Å²) in [7, 11) is 0. The Morgan fingerprint density at radius 3 is 2.45 bits per heavy atom. The number of nitrogens with one attached hydrogen (secondary N) is 1. The molecule has 2 aliphatic rings. The van der Waals surface area contributed by atoms with Crippen molar-refractivity contribution in [3.63, 3.8) is 0 Å². The summed E-state index contributed by atoms with van der Waals surface area (Å²) in [6.07, 6.45) is 1.57. The first kappa shape index (κ1) is 13.7. The molecule has 0 bridgehead atoms. The average molecular weight is 285 g/mol. The average Bonchev–Trinajstić information content (AvgIpc) is 3.27. The topological polar surface area (TPSA) is 28.2 Å². The third kappa shape index (κ3) is 3.85. The van der Waals surface area contributed by atoms with Crippen molar-refractivity contribution >= 4 is 5.82 Å². The van der Waals surface area contributed by atoms with Crippen molar-refractivity contribution in [1.29, 1.82) is 0 Å². The summed E-state index contributed by atoms with van der Waals surface area (Å²) >= 11 is 0. The lowest BCUT2D eigenvalue weighted by atomic mass is 10.2. The molecule has 0 aromatic carbocycles. The van der Waals surface area contributed by atoms with E-state index in [2.05, 4.69) is 10.3 Å². The van der Waals surface area contributed by atoms with Crippen molar-refractivity contribution in [3.8, 4) is 0 Å². The zero-order valence-electron chi connectivity index (χ0n) is 11.2. The fraction of sp³-hybridized carbons (Fsp3) is 0.643. The predicted octanol–water partition coefficient (Wildman–Crippen LogP) is 2.86. The van der Waals surface area contributed by atoms with Crippen LogP contribution in [0.15, 0.2) is 18.3 Å². The second-order valence-corrected chi connectivity index (χ2v) is 5.65. The van der Waals surface area contributed by atoms with Gasteiger partial charge in [0.15, 0.2) is 0 Å². The van der Waals surface area contributed by atoms with E-state index in [0.29, 0.717) is 11.9 Å². The first-order valence-corrected chi connectivity index (χ1v) is 7.03.